The Bertz CT molecular complexity index is 581. The van der Waals surface area contributed by atoms with E-state index in [0.29, 0.717) is 6.54 Å². The average Bonchev–Trinajstić information content (AvgIpc) is 2.44. The molecule has 0 aliphatic heterocycles. The summed E-state index contributed by atoms with van der Waals surface area (Å²) in [5.74, 6) is 0. The third-order valence-corrected chi connectivity index (χ3v) is 3.70. The molecular formula is C17H21ClN2. The number of anilines is 2. The second kappa shape index (κ2) is 6.78. The molecule has 0 amide bonds. The van der Waals surface area contributed by atoms with Gasteiger partial charge in [0.15, 0.2) is 0 Å². The van der Waals surface area contributed by atoms with Crippen LogP contribution in [0, 0.1) is 6.92 Å². The summed E-state index contributed by atoms with van der Waals surface area (Å²) in [5, 5.41) is 0.762. The molecule has 2 aromatic rings. The van der Waals surface area contributed by atoms with Crippen molar-refractivity contribution < 1.29 is 0 Å². The predicted octanol–water partition coefficient (Wildman–Crippen LogP) is 4.31. The van der Waals surface area contributed by atoms with E-state index in [1.807, 2.05) is 12.1 Å². The molecule has 0 fully saturated rings. The van der Waals surface area contributed by atoms with Crippen LogP contribution >= 0.6 is 11.6 Å². The highest BCUT2D eigenvalue weighted by atomic mass is 35.5. The molecule has 0 radical (unpaired) electrons. The van der Waals surface area contributed by atoms with Crippen LogP contribution in [0.5, 0.6) is 0 Å². The number of hydrogen-bond acceptors (Lipinski definition) is 2. The van der Waals surface area contributed by atoms with Crippen molar-refractivity contribution in [1.82, 2.24) is 0 Å². The Labute approximate surface area is 126 Å². The highest BCUT2D eigenvalue weighted by Crippen LogP contribution is 2.32. The molecule has 0 heterocycles. The second-order valence-corrected chi connectivity index (χ2v) is 5.28. The number of para-hydroxylation sites is 1. The van der Waals surface area contributed by atoms with Crippen LogP contribution in [-0.2, 0) is 6.42 Å². The molecule has 2 rings (SSSR count). The van der Waals surface area contributed by atoms with Crippen LogP contribution in [0.4, 0.5) is 11.4 Å². The van der Waals surface area contributed by atoms with Crippen molar-refractivity contribution in [3.8, 4) is 0 Å². The number of hydrogen-bond donors (Lipinski definition) is 1. The molecule has 0 saturated heterocycles. The van der Waals surface area contributed by atoms with E-state index in [0.717, 1.165) is 18.0 Å². The van der Waals surface area contributed by atoms with Gasteiger partial charge in [0.05, 0.1) is 0 Å². The number of halogens is 1. The number of rotatable bonds is 5. The lowest BCUT2D eigenvalue weighted by Gasteiger charge is -2.27. The lowest BCUT2D eigenvalue weighted by molar-refractivity contribution is 0.940. The molecule has 0 aromatic heterocycles. The fraction of sp³-hybridized carbons (Fsp3) is 0.294. The summed E-state index contributed by atoms with van der Waals surface area (Å²) in [7, 11) is 0. The van der Waals surface area contributed by atoms with E-state index in [1.54, 1.807) is 0 Å². The van der Waals surface area contributed by atoms with E-state index in [-0.39, 0.29) is 0 Å². The van der Waals surface area contributed by atoms with Gasteiger partial charge in [-0.2, -0.15) is 0 Å². The van der Waals surface area contributed by atoms with E-state index in [4.69, 9.17) is 17.3 Å². The Kier molecular flexibility index (Phi) is 5.05. The lowest BCUT2D eigenvalue weighted by atomic mass is 10.1. The maximum Gasteiger partial charge on any atom is 0.0444 e. The SMILES string of the molecule is CCN(c1ccccc1C)c1ccc(Cl)cc1CCN. The van der Waals surface area contributed by atoms with E-state index in [2.05, 4.69) is 49.1 Å². The molecule has 2 aromatic carbocycles. The zero-order chi connectivity index (χ0) is 14.5. The van der Waals surface area contributed by atoms with Crippen LogP contribution in [0.15, 0.2) is 42.5 Å². The van der Waals surface area contributed by atoms with E-state index >= 15 is 0 Å². The Morgan fingerprint density at radius 2 is 1.85 bits per heavy atom. The normalized spacial score (nSPS) is 10.6. The average molecular weight is 289 g/mol. The summed E-state index contributed by atoms with van der Waals surface area (Å²) < 4.78 is 0. The van der Waals surface area contributed by atoms with Gasteiger partial charge in [-0.25, -0.2) is 0 Å². The van der Waals surface area contributed by atoms with Crippen LogP contribution in [0.1, 0.15) is 18.1 Å². The number of benzene rings is 2. The van der Waals surface area contributed by atoms with Gasteiger partial charge in [0.25, 0.3) is 0 Å². The van der Waals surface area contributed by atoms with Gasteiger partial charge in [-0.3, -0.25) is 0 Å². The molecule has 2 N–H and O–H groups in total. The molecule has 0 saturated carbocycles. The molecule has 0 aliphatic carbocycles. The van der Waals surface area contributed by atoms with Crippen molar-refractivity contribution in [1.29, 1.82) is 0 Å². The smallest absolute Gasteiger partial charge is 0.0444 e. The molecule has 2 nitrogen and oxygen atoms in total. The van der Waals surface area contributed by atoms with Crippen LogP contribution in [0.25, 0.3) is 0 Å². The molecule has 0 atom stereocenters. The quantitative estimate of drug-likeness (QED) is 0.888. The molecular weight excluding hydrogens is 268 g/mol. The zero-order valence-corrected chi connectivity index (χ0v) is 12.8. The van der Waals surface area contributed by atoms with E-state index < -0.39 is 0 Å². The fourth-order valence-corrected chi connectivity index (χ4v) is 2.70. The van der Waals surface area contributed by atoms with Gasteiger partial charge in [-0.1, -0.05) is 29.8 Å². The van der Waals surface area contributed by atoms with Gasteiger partial charge < -0.3 is 10.6 Å². The summed E-state index contributed by atoms with van der Waals surface area (Å²) in [4.78, 5) is 2.32. The van der Waals surface area contributed by atoms with Crippen molar-refractivity contribution >= 4 is 23.0 Å². The first kappa shape index (κ1) is 14.9. The molecule has 0 aliphatic rings. The highest BCUT2D eigenvalue weighted by Gasteiger charge is 2.13. The fourth-order valence-electron chi connectivity index (χ4n) is 2.51. The molecule has 0 bridgehead atoms. The van der Waals surface area contributed by atoms with Crippen LogP contribution in [-0.4, -0.2) is 13.1 Å². The van der Waals surface area contributed by atoms with Crippen molar-refractivity contribution in [2.45, 2.75) is 20.3 Å². The van der Waals surface area contributed by atoms with Gasteiger partial charge in [0.1, 0.15) is 0 Å². The van der Waals surface area contributed by atoms with Crippen molar-refractivity contribution in [2.75, 3.05) is 18.0 Å². The summed E-state index contributed by atoms with van der Waals surface area (Å²) in [5.41, 5.74) is 10.6. The maximum atomic E-state index is 6.12. The first-order chi connectivity index (χ1) is 9.67. The van der Waals surface area contributed by atoms with Gasteiger partial charge in [-0.15, -0.1) is 0 Å². The van der Waals surface area contributed by atoms with Crippen LogP contribution < -0.4 is 10.6 Å². The minimum absolute atomic E-state index is 0.624. The van der Waals surface area contributed by atoms with Crippen LogP contribution in [0.2, 0.25) is 5.02 Å². The van der Waals surface area contributed by atoms with Crippen molar-refractivity contribution in [2.24, 2.45) is 5.73 Å². The molecule has 106 valence electrons. The third kappa shape index (κ3) is 3.14. The Morgan fingerprint density at radius 1 is 1.10 bits per heavy atom. The largest absolute Gasteiger partial charge is 0.341 e. The number of aryl methyl sites for hydroxylation is 1. The Balaban J connectivity index is 2.49. The predicted molar refractivity (Wildman–Crippen MR) is 88.1 cm³/mol. The Hall–Kier alpha value is -1.51. The minimum Gasteiger partial charge on any atom is -0.341 e. The number of nitrogens with two attached hydrogens (primary N) is 1. The Morgan fingerprint density at radius 3 is 2.50 bits per heavy atom. The summed E-state index contributed by atoms with van der Waals surface area (Å²) in [6.07, 6.45) is 0.832. The monoisotopic (exact) mass is 288 g/mol. The van der Waals surface area contributed by atoms with E-state index in [9.17, 15) is 0 Å². The summed E-state index contributed by atoms with van der Waals surface area (Å²) in [6.45, 7) is 5.83. The van der Waals surface area contributed by atoms with Gasteiger partial charge in [0.2, 0.25) is 0 Å². The van der Waals surface area contributed by atoms with E-state index in [1.165, 1.54) is 22.5 Å². The first-order valence-electron chi connectivity index (χ1n) is 6.99. The van der Waals surface area contributed by atoms with Crippen molar-refractivity contribution in [3.05, 3.63) is 58.6 Å². The third-order valence-electron chi connectivity index (χ3n) is 3.47. The van der Waals surface area contributed by atoms with Gasteiger partial charge in [-0.05, 0) is 62.2 Å². The summed E-state index contributed by atoms with van der Waals surface area (Å²) in [6, 6.07) is 14.5. The van der Waals surface area contributed by atoms with Crippen molar-refractivity contribution in [3.63, 3.8) is 0 Å². The molecule has 20 heavy (non-hydrogen) atoms. The minimum atomic E-state index is 0.624. The lowest BCUT2D eigenvalue weighted by Crippen LogP contribution is -2.19. The molecule has 0 spiro atoms. The second-order valence-electron chi connectivity index (χ2n) is 4.84. The zero-order valence-electron chi connectivity index (χ0n) is 12.1. The molecule has 0 unspecified atom stereocenters. The summed E-state index contributed by atoms with van der Waals surface area (Å²) >= 11 is 6.12. The topological polar surface area (TPSA) is 29.3 Å². The number of nitrogens with zero attached hydrogens (tertiary/aromatic N) is 1. The highest BCUT2D eigenvalue weighted by molar-refractivity contribution is 6.30. The first-order valence-corrected chi connectivity index (χ1v) is 7.36. The van der Waals surface area contributed by atoms with Crippen LogP contribution in [0.3, 0.4) is 0 Å². The standard InChI is InChI=1S/C17H21ClN2/c1-3-20(16-7-5-4-6-13(16)2)17-9-8-15(18)12-14(17)10-11-19/h4-9,12H,3,10-11,19H2,1-2H3. The maximum absolute atomic E-state index is 6.12. The molecule has 3 heteroatoms. The van der Waals surface area contributed by atoms with Gasteiger partial charge in [0, 0.05) is 22.9 Å². The van der Waals surface area contributed by atoms with Gasteiger partial charge >= 0.3 is 0 Å².